The summed E-state index contributed by atoms with van der Waals surface area (Å²) in [6.45, 7) is 3.71. The Bertz CT molecular complexity index is 1130. The maximum absolute atomic E-state index is 10.1. The third kappa shape index (κ3) is 2.70. The Hall–Kier alpha value is -3.86. The second-order valence-electron chi connectivity index (χ2n) is 7.96. The Morgan fingerprint density at radius 1 is 1.00 bits per heavy atom. The number of rotatable bonds is 4. The van der Waals surface area contributed by atoms with Crippen LogP contribution in [-0.2, 0) is 16.1 Å². The van der Waals surface area contributed by atoms with Crippen molar-refractivity contribution in [2.45, 2.75) is 32.3 Å². The first kappa shape index (κ1) is 20.4. The van der Waals surface area contributed by atoms with Gasteiger partial charge in [0.2, 0.25) is 17.1 Å². The molecular weight excluding hydrogens is 392 g/mol. The second-order valence-corrected chi connectivity index (χ2v) is 7.96. The highest BCUT2D eigenvalue weighted by Gasteiger charge is 2.78. The van der Waals surface area contributed by atoms with E-state index in [0.29, 0.717) is 17.9 Å². The van der Waals surface area contributed by atoms with Gasteiger partial charge in [0.15, 0.2) is 5.41 Å². The van der Waals surface area contributed by atoms with Crippen LogP contribution in [0.2, 0.25) is 0 Å². The predicted molar refractivity (Wildman–Crippen MR) is 109 cm³/mol. The summed E-state index contributed by atoms with van der Waals surface area (Å²) >= 11 is 0. The first-order valence-corrected chi connectivity index (χ1v) is 9.83. The largest absolute Gasteiger partial charge is 0.489 e. The zero-order chi connectivity index (χ0) is 22.3. The van der Waals surface area contributed by atoms with Crippen LogP contribution in [0.3, 0.4) is 0 Å². The molecular formula is C24H20N4O3. The Balaban J connectivity index is 1.69. The summed E-state index contributed by atoms with van der Waals surface area (Å²) in [7, 11) is 0. The molecule has 2 aliphatic heterocycles. The first-order chi connectivity index (χ1) is 14.9. The van der Waals surface area contributed by atoms with Crippen LogP contribution in [0.4, 0.5) is 0 Å². The van der Waals surface area contributed by atoms with Gasteiger partial charge < -0.3 is 14.2 Å². The number of nitrogens with zero attached hydrogens (tertiary/aromatic N) is 3. The van der Waals surface area contributed by atoms with Crippen LogP contribution in [-0.4, -0.2) is 11.7 Å². The molecule has 1 N–H and O–H groups in total. The number of ether oxygens (including phenoxy) is 3. The molecule has 4 atom stereocenters. The molecule has 0 aliphatic carbocycles. The van der Waals surface area contributed by atoms with Crippen molar-refractivity contribution in [3.63, 3.8) is 0 Å². The molecule has 2 aromatic carbocycles. The van der Waals surface area contributed by atoms with E-state index in [-0.39, 0.29) is 0 Å². The molecule has 0 amide bonds. The maximum Gasteiger partial charge on any atom is 0.214 e. The smallest absolute Gasteiger partial charge is 0.214 e. The summed E-state index contributed by atoms with van der Waals surface area (Å²) in [6.07, 6.45) is -1.07. The van der Waals surface area contributed by atoms with Gasteiger partial charge in [0.25, 0.3) is 0 Å². The molecule has 4 rings (SSSR count). The highest BCUT2D eigenvalue weighted by Crippen LogP contribution is 2.66. The van der Waals surface area contributed by atoms with Crippen molar-refractivity contribution < 1.29 is 14.2 Å². The van der Waals surface area contributed by atoms with Crippen LogP contribution < -0.4 is 4.74 Å². The van der Waals surface area contributed by atoms with E-state index in [4.69, 9.17) is 19.6 Å². The monoisotopic (exact) mass is 412 g/mol. The molecule has 2 saturated heterocycles. The van der Waals surface area contributed by atoms with E-state index in [1.807, 2.05) is 42.5 Å². The molecule has 2 aliphatic rings. The van der Waals surface area contributed by atoms with Gasteiger partial charge >= 0.3 is 0 Å². The molecule has 2 heterocycles. The maximum atomic E-state index is 10.1. The topological polar surface area (TPSA) is 123 Å². The van der Waals surface area contributed by atoms with Gasteiger partial charge in [-0.15, -0.1) is 0 Å². The fourth-order valence-electron chi connectivity index (χ4n) is 4.49. The van der Waals surface area contributed by atoms with Crippen LogP contribution in [0.5, 0.6) is 5.75 Å². The minimum absolute atomic E-state index is 0.401. The molecule has 2 aromatic rings. The lowest BCUT2D eigenvalue weighted by atomic mass is 9.54. The zero-order valence-electron chi connectivity index (χ0n) is 17.1. The van der Waals surface area contributed by atoms with Crippen molar-refractivity contribution in [1.29, 1.82) is 21.2 Å². The van der Waals surface area contributed by atoms with Crippen molar-refractivity contribution in [3.05, 3.63) is 65.7 Å². The van der Waals surface area contributed by atoms with E-state index in [2.05, 4.69) is 6.07 Å². The van der Waals surface area contributed by atoms with Crippen molar-refractivity contribution in [2.75, 3.05) is 0 Å². The van der Waals surface area contributed by atoms with Crippen molar-refractivity contribution in [2.24, 2.45) is 16.7 Å². The number of hydrogen-bond acceptors (Lipinski definition) is 7. The van der Waals surface area contributed by atoms with E-state index in [0.717, 1.165) is 5.56 Å². The lowest BCUT2D eigenvalue weighted by Crippen LogP contribution is -2.57. The number of fused-ring (bicyclic) bond motifs is 2. The van der Waals surface area contributed by atoms with Gasteiger partial charge in [0.05, 0.1) is 24.1 Å². The van der Waals surface area contributed by atoms with Crippen LogP contribution in [0.25, 0.3) is 0 Å². The van der Waals surface area contributed by atoms with Gasteiger partial charge in [0.1, 0.15) is 18.5 Å². The minimum Gasteiger partial charge on any atom is -0.489 e. The average Bonchev–Trinajstić information content (AvgIpc) is 2.94. The van der Waals surface area contributed by atoms with Crippen LogP contribution in [0, 0.1) is 56.2 Å². The molecule has 154 valence electrons. The summed E-state index contributed by atoms with van der Waals surface area (Å²) in [5.74, 6) is -1.76. The number of hydrogen-bond donors (Lipinski definition) is 1. The van der Waals surface area contributed by atoms with Crippen molar-refractivity contribution in [3.8, 4) is 24.0 Å². The zero-order valence-corrected chi connectivity index (χ0v) is 17.1. The fraction of sp³-hybridized carbons (Fsp3) is 0.333. The highest BCUT2D eigenvalue weighted by molar-refractivity contribution is 5.89. The van der Waals surface area contributed by atoms with Gasteiger partial charge in [-0.3, -0.25) is 5.41 Å². The highest BCUT2D eigenvalue weighted by atomic mass is 16.7. The summed E-state index contributed by atoms with van der Waals surface area (Å²) < 4.78 is 17.5. The lowest BCUT2D eigenvalue weighted by Gasteiger charge is -2.47. The summed E-state index contributed by atoms with van der Waals surface area (Å²) in [5.41, 5.74) is -2.12. The van der Waals surface area contributed by atoms with E-state index >= 15 is 0 Å². The Labute approximate surface area is 180 Å². The quantitative estimate of drug-likeness (QED) is 0.801. The molecule has 0 saturated carbocycles. The molecule has 2 bridgehead atoms. The van der Waals surface area contributed by atoms with Gasteiger partial charge in [0, 0.05) is 6.92 Å². The van der Waals surface area contributed by atoms with Gasteiger partial charge in [-0.2, -0.15) is 15.8 Å². The van der Waals surface area contributed by atoms with Crippen LogP contribution in [0.15, 0.2) is 54.6 Å². The summed E-state index contributed by atoms with van der Waals surface area (Å²) in [4.78, 5) is 0. The van der Waals surface area contributed by atoms with Crippen LogP contribution >= 0.6 is 0 Å². The molecule has 7 nitrogen and oxygen atoms in total. The Morgan fingerprint density at radius 3 is 2.23 bits per heavy atom. The second kappa shape index (κ2) is 7.13. The summed E-state index contributed by atoms with van der Waals surface area (Å²) in [5, 5.41) is 38.6. The minimum atomic E-state index is -1.94. The van der Waals surface area contributed by atoms with Gasteiger partial charge in [-0.25, -0.2) is 0 Å². The van der Waals surface area contributed by atoms with Crippen LogP contribution in [0.1, 0.15) is 31.1 Å². The molecule has 0 aromatic heterocycles. The first-order valence-electron chi connectivity index (χ1n) is 9.83. The Morgan fingerprint density at radius 2 is 1.65 bits per heavy atom. The summed E-state index contributed by atoms with van der Waals surface area (Å²) in [6, 6.07) is 22.7. The number of nitrogens with one attached hydrogen (secondary N) is 1. The third-order valence-corrected chi connectivity index (χ3v) is 6.43. The lowest BCUT2D eigenvalue weighted by molar-refractivity contribution is -0.268. The van der Waals surface area contributed by atoms with Gasteiger partial charge in [-0.1, -0.05) is 49.4 Å². The molecule has 31 heavy (non-hydrogen) atoms. The third-order valence-electron chi connectivity index (χ3n) is 6.43. The van der Waals surface area contributed by atoms with E-state index in [9.17, 15) is 15.8 Å². The molecule has 0 radical (unpaired) electrons. The molecule has 7 heteroatoms. The molecule has 0 spiro atoms. The molecule has 2 fully saturated rings. The van der Waals surface area contributed by atoms with Crippen molar-refractivity contribution in [1.82, 2.24) is 0 Å². The normalized spacial score (nSPS) is 30.4. The standard InChI is InChI=1S/C24H20N4O3/c1-16-22(2)30-20(23(13-25,14-26)24(16,15-27)21(28)31-22)18-8-10-19(11-9-18)29-12-17-6-4-3-5-7-17/h3-11,16,20,28H,12H2,1-2H3. The molecule has 4 unspecified atom stereocenters. The average molecular weight is 412 g/mol. The van der Waals surface area contributed by atoms with E-state index < -0.39 is 34.5 Å². The van der Waals surface area contributed by atoms with E-state index in [1.54, 1.807) is 38.1 Å². The van der Waals surface area contributed by atoms with E-state index in [1.165, 1.54) is 0 Å². The number of nitriles is 3. The van der Waals surface area contributed by atoms with Crippen molar-refractivity contribution >= 4 is 5.90 Å². The SMILES string of the molecule is CC1C2(C)OC(=N)C1(C#N)C(C#N)(C#N)C(c1ccc(OCc3ccccc3)cc1)O2. The Kier molecular flexibility index (Phi) is 4.69. The van der Waals surface area contributed by atoms with Gasteiger partial charge in [-0.05, 0) is 23.3 Å². The fourth-order valence-corrected chi connectivity index (χ4v) is 4.49. The number of benzene rings is 2. The predicted octanol–water partition coefficient (Wildman–Crippen LogP) is 4.24.